The van der Waals surface area contributed by atoms with Gasteiger partial charge < -0.3 is 0 Å². The fourth-order valence-electron chi connectivity index (χ4n) is 0.624. The fourth-order valence-corrected chi connectivity index (χ4v) is 2.20. The van der Waals surface area contributed by atoms with Gasteiger partial charge in [-0.25, -0.2) is 0 Å². The molecule has 0 spiro atoms. The number of rotatable bonds is 6. The third-order valence-electron chi connectivity index (χ3n) is 1.10. The third-order valence-corrected chi connectivity index (χ3v) is 3.88. The first-order valence-corrected chi connectivity index (χ1v) is 8.45. The van der Waals surface area contributed by atoms with Gasteiger partial charge in [-0.05, 0) is 0 Å². The molecule has 0 saturated carbocycles. The molecule has 0 aliphatic heterocycles. The van der Waals surface area contributed by atoms with Crippen molar-refractivity contribution in [1.29, 1.82) is 0 Å². The van der Waals surface area contributed by atoms with Gasteiger partial charge >= 0.3 is 94.4 Å². The summed E-state index contributed by atoms with van der Waals surface area (Å²) >= 11 is 2.13. The van der Waals surface area contributed by atoms with Crippen LogP contribution in [0.3, 0.4) is 0 Å². The summed E-state index contributed by atoms with van der Waals surface area (Å²) in [6.45, 7) is 6.23. The maximum atomic E-state index is 8.27. The third kappa shape index (κ3) is 31.3. The van der Waals surface area contributed by atoms with Gasteiger partial charge in [0.05, 0.1) is 0 Å². The van der Waals surface area contributed by atoms with E-state index in [-0.39, 0.29) is 23.1 Å². The van der Waals surface area contributed by atoms with Crippen LogP contribution < -0.4 is 0 Å². The molecule has 15 heavy (non-hydrogen) atoms. The van der Waals surface area contributed by atoms with E-state index in [0.717, 1.165) is 0 Å². The van der Waals surface area contributed by atoms with Crippen molar-refractivity contribution in [3.05, 3.63) is 0 Å². The minimum absolute atomic E-state index is 0. The van der Waals surface area contributed by atoms with Gasteiger partial charge in [0.15, 0.2) is 0 Å². The van der Waals surface area contributed by atoms with E-state index in [1.165, 1.54) is 23.5 Å². The van der Waals surface area contributed by atoms with Gasteiger partial charge in [0.2, 0.25) is 0 Å². The standard InChI is InChI=1S/C3H11O3P.2C3H7.BrH.Cu/c1-2-3-7(4,5)6;2*1-3-2;;/h4-7H,2-3H2,1H3;2*1,3H2,2H3;1H;. The van der Waals surface area contributed by atoms with Crippen molar-refractivity contribution in [1.82, 2.24) is 0 Å². The Morgan fingerprint density at radius 1 is 0.867 bits per heavy atom. The zero-order chi connectivity index (χ0) is 11.4. The zero-order valence-corrected chi connectivity index (χ0v) is 13.4. The van der Waals surface area contributed by atoms with Gasteiger partial charge in [-0.2, -0.15) is 0 Å². The van der Waals surface area contributed by atoms with Crippen molar-refractivity contribution in [2.45, 2.75) is 50.7 Å². The molecule has 0 heterocycles. The van der Waals surface area contributed by atoms with Crippen LogP contribution in [0.5, 0.6) is 0 Å². The first-order chi connectivity index (χ1) is 6.47. The normalized spacial score (nSPS) is 11.3. The molecule has 0 bridgehead atoms. The van der Waals surface area contributed by atoms with Crippen molar-refractivity contribution >= 4 is 24.9 Å². The SMILES string of the molecule is Br.CCC[PH](O)(O)O.CC[CH2][Cu][CH2]CC. The summed E-state index contributed by atoms with van der Waals surface area (Å²) in [7, 11) is -3.66. The molecule has 0 amide bonds. The number of hydrogen-bond acceptors (Lipinski definition) is 3. The molecular weight excluding hydrogens is 331 g/mol. The van der Waals surface area contributed by atoms with Gasteiger partial charge in [0, 0.05) is 0 Å². The summed E-state index contributed by atoms with van der Waals surface area (Å²) in [6, 6.07) is 0. The Labute approximate surface area is 111 Å². The van der Waals surface area contributed by atoms with Crippen LogP contribution in [-0.2, 0) is 15.0 Å². The summed E-state index contributed by atoms with van der Waals surface area (Å²) in [5.41, 5.74) is 0. The molecular formula is C9H26BrCuO3P. The topological polar surface area (TPSA) is 60.7 Å². The second kappa shape index (κ2) is 15.3. The van der Waals surface area contributed by atoms with Crippen LogP contribution in [0.25, 0.3) is 0 Å². The van der Waals surface area contributed by atoms with Crippen LogP contribution in [0, 0.1) is 0 Å². The van der Waals surface area contributed by atoms with Crippen molar-refractivity contribution in [3.8, 4) is 0 Å². The van der Waals surface area contributed by atoms with Crippen molar-refractivity contribution < 1.29 is 29.6 Å². The van der Waals surface area contributed by atoms with Crippen molar-refractivity contribution in [2.24, 2.45) is 0 Å². The molecule has 103 valence electrons. The molecule has 0 aromatic carbocycles. The predicted octanol–water partition coefficient (Wildman–Crippen LogP) is 3.17. The quantitative estimate of drug-likeness (QED) is 0.389. The number of hydrogen-bond donors (Lipinski definition) is 3. The van der Waals surface area contributed by atoms with E-state index in [9.17, 15) is 0 Å². The molecule has 0 aliphatic carbocycles. The monoisotopic (exact) mass is 355 g/mol. The molecule has 0 aromatic heterocycles. The van der Waals surface area contributed by atoms with E-state index in [2.05, 4.69) is 28.8 Å². The van der Waals surface area contributed by atoms with Gasteiger partial charge in [-0.1, -0.05) is 0 Å². The Morgan fingerprint density at radius 3 is 1.40 bits per heavy atom. The molecule has 0 atom stereocenters. The zero-order valence-electron chi connectivity index (χ0n) is 9.79. The van der Waals surface area contributed by atoms with Gasteiger partial charge in [-0.3, -0.25) is 0 Å². The van der Waals surface area contributed by atoms with E-state index in [0.29, 0.717) is 6.42 Å². The maximum absolute atomic E-state index is 8.27. The fraction of sp³-hybridized carbons (Fsp3) is 1.00. The average molecular weight is 357 g/mol. The first-order valence-electron chi connectivity index (χ1n) is 5.07. The average Bonchev–Trinajstić information content (AvgIpc) is 2.04. The van der Waals surface area contributed by atoms with Crippen LogP contribution in [0.4, 0.5) is 0 Å². The molecule has 0 radical (unpaired) electrons. The predicted molar refractivity (Wildman–Crippen MR) is 70.6 cm³/mol. The summed E-state index contributed by atoms with van der Waals surface area (Å²) < 4.78 is 0. The Kier molecular flexibility index (Phi) is 22.0. The molecule has 6 heteroatoms. The van der Waals surface area contributed by atoms with E-state index in [1.54, 1.807) is 6.92 Å². The second-order valence-corrected chi connectivity index (χ2v) is 6.44. The molecule has 3 nitrogen and oxygen atoms in total. The summed E-state index contributed by atoms with van der Waals surface area (Å²) in [4.78, 5) is 24.8. The van der Waals surface area contributed by atoms with Crippen LogP contribution >= 0.6 is 24.9 Å². The van der Waals surface area contributed by atoms with Gasteiger partial charge in [0.1, 0.15) is 0 Å². The van der Waals surface area contributed by atoms with E-state index >= 15 is 0 Å². The van der Waals surface area contributed by atoms with Crippen LogP contribution in [0.15, 0.2) is 0 Å². The molecule has 0 aliphatic rings. The van der Waals surface area contributed by atoms with Crippen molar-refractivity contribution in [3.63, 3.8) is 0 Å². The molecule has 0 saturated heterocycles. The van der Waals surface area contributed by atoms with Gasteiger partial charge in [0.25, 0.3) is 0 Å². The molecule has 0 unspecified atom stereocenters. The van der Waals surface area contributed by atoms with E-state index in [4.69, 9.17) is 14.7 Å². The Bertz CT molecular complexity index is 108. The van der Waals surface area contributed by atoms with E-state index < -0.39 is 7.94 Å². The molecule has 0 fully saturated rings. The van der Waals surface area contributed by atoms with Crippen molar-refractivity contribution in [2.75, 3.05) is 6.16 Å². The van der Waals surface area contributed by atoms with Gasteiger partial charge in [-0.15, -0.1) is 17.0 Å². The molecule has 0 aromatic rings. The summed E-state index contributed by atoms with van der Waals surface area (Å²) in [5, 5.41) is 2.66. The minimum atomic E-state index is -3.66. The van der Waals surface area contributed by atoms with Crippen LogP contribution in [0.2, 0.25) is 10.6 Å². The molecule has 0 rings (SSSR count). The second-order valence-electron chi connectivity index (χ2n) is 2.98. The van der Waals surface area contributed by atoms with Crippen LogP contribution in [-0.4, -0.2) is 20.8 Å². The Balaban J connectivity index is -0.000000180. The first kappa shape index (κ1) is 21.6. The summed E-state index contributed by atoms with van der Waals surface area (Å²) in [6.07, 6.45) is 3.41. The summed E-state index contributed by atoms with van der Waals surface area (Å²) in [5.74, 6) is 0. The Morgan fingerprint density at radius 2 is 1.27 bits per heavy atom. The van der Waals surface area contributed by atoms with E-state index in [1.807, 2.05) is 0 Å². The Hall–Kier alpha value is 1.31. The number of halogens is 1. The van der Waals surface area contributed by atoms with Crippen LogP contribution in [0.1, 0.15) is 40.0 Å². The molecule has 3 N–H and O–H groups in total.